The Morgan fingerprint density at radius 3 is 2.50 bits per heavy atom. The molecule has 1 amide bonds. The Hall–Kier alpha value is -2.42. The molecule has 150 valence electrons. The Labute approximate surface area is 169 Å². The Bertz CT molecular complexity index is 930. The van der Waals surface area contributed by atoms with Crippen molar-refractivity contribution in [1.82, 2.24) is 10.0 Å². The molecule has 0 aliphatic carbocycles. The number of ether oxygens (including phenoxy) is 1. The minimum Gasteiger partial charge on any atom is -0.456 e. The molecule has 9 heteroatoms. The molecule has 0 saturated heterocycles. The van der Waals surface area contributed by atoms with E-state index in [0.717, 1.165) is 11.1 Å². The van der Waals surface area contributed by atoms with Crippen LogP contribution in [0.4, 0.5) is 0 Å². The molecule has 0 saturated carbocycles. The van der Waals surface area contributed by atoms with Gasteiger partial charge in [-0.15, -0.1) is 0 Å². The first-order valence-corrected chi connectivity index (χ1v) is 10.4. The van der Waals surface area contributed by atoms with Gasteiger partial charge in [0.25, 0.3) is 5.91 Å². The quantitative estimate of drug-likeness (QED) is 0.601. The van der Waals surface area contributed by atoms with Crippen LogP contribution in [0.5, 0.6) is 0 Å². The molecular weight excluding hydrogens is 404 g/mol. The van der Waals surface area contributed by atoms with E-state index in [1.54, 1.807) is 6.07 Å². The second-order valence-corrected chi connectivity index (χ2v) is 8.23. The van der Waals surface area contributed by atoms with Gasteiger partial charge in [0.05, 0.1) is 11.3 Å². The van der Waals surface area contributed by atoms with Crippen LogP contribution in [0, 0.1) is 6.92 Å². The lowest BCUT2D eigenvalue weighted by Crippen LogP contribution is -2.30. The maximum Gasteiger partial charge on any atom is 0.307 e. The van der Waals surface area contributed by atoms with Crippen molar-refractivity contribution in [2.45, 2.75) is 24.8 Å². The molecule has 28 heavy (non-hydrogen) atoms. The van der Waals surface area contributed by atoms with Gasteiger partial charge in [-0.25, -0.2) is 13.1 Å². The molecule has 0 aromatic heterocycles. The zero-order valence-electron chi connectivity index (χ0n) is 15.3. The second kappa shape index (κ2) is 10.2. The third kappa shape index (κ3) is 7.30. The number of rotatable bonds is 9. The first-order valence-electron chi connectivity index (χ1n) is 8.49. The molecule has 0 bridgehead atoms. The highest BCUT2D eigenvalue weighted by atomic mass is 35.5. The smallest absolute Gasteiger partial charge is 0.307 e. The first-order chi connectivity index (χ1) is 13.3. The van der Waals surface area contributed by atoms with Crippen LogP contribution in [0.15, 0.2) is 53.4 Å². The van der Waals surface area contributed by atoms with Crippen LogP contribution in [0.3, 0.4) is 0 Å². The monoisotopic (exact) mass is 424 g/mol. The number of sulfonamides is 1. The highest BCUT2D eigenvalue weighted by molar-refractivity contribution is 7.89. The number of hydrogen-bond acceptors (Lipinski definition) is 5. The summed E-state index contributed by atoms with van der Waals surface area (Å²) in [6, 6.07) is 13.4. The Morgan fingerprint density at radius 1 is 1.11 bits per heavy atom. The topological polar surface area (TPSA) is 102 Å². The summed E-state index contributed by atoms with van der Waals surface area (Å²) >= 11 is 5.77. The van der Waals surface area contributed by atoms with Crippen molar-refractivity contribution in [2.24, 2.45) is 0 Å². The van der Waals surface area contributed by atoms with Crippen LogP contribution in [-0.4, -0.2) is 33.4 Å². The van der Waals surface area contributed by atoms with Crippen molar-refractivity contribution in [2.75, 3.05) is 13.2 Å². The minimum atomic E-state index is -3.77. The fraction of sp³-hybridized carbons (Fsp3) is 0.263. The second-order valence-electron chi connectivity index (χ2n) is 6.03. The lowest BCUT2D eigenvalue weighted by Gasteiger charge is -2.08. The predicted octanol–water partition coefficient (Wildman–Crippen LogP) is 2.18. The molecule has 7 nitrogen and oxygen atoms in total. The van der Waals surface area contributed by atoms with Gasteiger partial charge in [-0.1, -0.05) is 47.5 Å². The van der Waals surface area contributed by atoms with Crippen LogP contribution in [-0.2, 0) is 30.9 Å². The molecule has 2 N–H and O–H groups in total. The predicted molar refractivity (Wildman–Crippen MR) is 105 cm³/mol. The zero-order chi connectivity index (χ0) is 20.6. The Kier molecular flexibility index (Phi) is 7.98. The first kappa shape index (κ1) is 21.9. The number of amides is 1. The van der Waals surface area contributed by atoms with Gasteiger partial charge < -0.3 is 10.1 Å². The van der Waals surface area contributed by atoms with Gasteiger partial charge in [-0.2, -0.15) is 0 Å². The molecule has 0 fully saturated rings. The average Bonchev–Trinajstić information content (AvgIpc) is 2.66. The minimum absolute atomic E-state index is 0.00357. The summed E-state index contributed by atoms with van der Waals surface area (Å²) in [7, 11) is -3.77. The molecule has 0 atom stereocenters. The highest BCUT2D eigenvalue weighted by Gasteiger charge is 2.15. The number of halogens is 1. The molecule has 2 aromatic rings. The van der Waals surface area contributed by atoms with E-state index >= 15 is 0 Å². The lowest BCUT2D eigenvalue weighted by atomic mass is 10.1. The van der Waals surface area contributed by atoms with Gasteiger partial charge in [-0.3, -0.25) is 9.59 Å². The van der Waals surface area contributed by atoms with Crippen molar-refractivity contribution >= 4 is 33.5 Å². The fourth-order valence-electron chi connectivity index (χ4n) is 2.18. The third-order valence-corrected chi connectivity index (χ3v) is 5.40. The Morgan fingerprint density at radius 2 is 1.82 bits per heavy atom. The van der Waals surface area contributed by atoms with Crippen LogP contribution in [0.2, 0.25) is 5.02 Å². The fourth-order valence-corrected chi connectivity index (χ4v) is 3.51. The van der Waals surface area contributed by atoms with Crippen molar-refractivity contribution in [1.29, 1.82) is 0 Å². The van der Waals surface area contributed by atoms with Gasteiger partial charge in [0.1, 0.15) is 0 Å². The van der Waals surface area contributed by atoms with Gasteiger partial charge in [-0.05, 0) is 30.7 Å². The standard InChI is InChI=1S/C19H21ClN2O5S/c1-14-5-7-15(8-6-14)12-21-18(23)13-27-19(24)9-10-22-28(25,26)17-4-2-3-16(20)11-17/h2-8,11,22H,9-10,12-13H2,1H3,(H,21,23). The van der Waals surface area contributed by atoms with E-state index < -0.39 is 28.5 Å². The van der Waals surface area contributed by atoms with Gasteiger partial charge in [0, 0.05) is 18.1 Å². The SMILES string of the molecule is Cc1ccc(CNC(=O)COC(=O)CCNS(=O)(=O)c2cccc(Cl)c2)cc1. The number of benzene rings is 2. The van der Waals surface area contributed by atoms with Crippen LogP contribution in [0.25, 0.3) is 0 Å². The van der Waals surface area contributed by atoms with Gasteiger partial charge in [0.2, 0.25) is 10.0 Å². The van der Waals surface area contributed by atoms with E-state index in [2.05, 4.69) is 10.0 Å². The van der Waals surface area contributed by atoms with E-state index in [0.29, 0.717) is 11.6 Å². The van der Waals surface area contributed by atoms with Gasteiger partial charge in [0.15, 0.2) is 6.61 Å². The van der Waals surface area contributed by atoms with Crippen molar-refractivity contribution in [3.63, 3.8) is 0 Å². The number of carbonyl (C=O) groups excluding carboxylic acids is 2. The van der Waals surface area contributed by atoms with E-state index in [4.69, 9.17) is 16.3 Å². The molecule has 0 unspecified atom stereocenters. The zero-order valence-corrected chi connectivity index (χ0v) is 16.8. The van der Waals surface area contributed by atoms with Crippen molar-refractivity contribution in [3.05, 3.63) is 64.7 Å². The van der Waals surface area contributed by atoms with Gasteiger partial charge >= 0.3 is 5.97 Å². The molecule has 0 radical (unpaired) electrons. The molecule has 0 heterocycles. The van der Waals surface area contributed by atoms with E-state index in [9.17, 15) is 18.0 Å². The molecule has 0 spiro atoms. The summed E-state index contributed by atoms with van der Waals surface area (Å²) in [5.41, 5.74) is 2.05. The van der Waals surface area contributed by atoms with Crippen LogP contribution >= 0.6 is 11.6 Å². The average molecular weight is 425 g/mol. The molecule has 0 aliphatic rings. The number of hydrogen-bond donors (Lipinski definition) is 2. The van der Waals surface area contributed by atoms with E-state index in [1.807, 2.05) is 31.2 Å². The third-order valence-electron chi connectivity index (χ3n) is 3.70. The van der Waals surface area contributed by atoms with E-state index in [1.165, 1.54) is 18.2 Å². The number of carbonyl (C=O) groups is 2. The number of esters is 1. The van der Waals surface area contributed by atoms with Crippen molar-refractivity contribution < 1.29 is 22.7 Å². The summed E-state index contributed by atoms with van der Waals surface area (Å²) in [5, 5.41) is 2.93. The lowest BCUT2D eigenvalue weighted by molar-refractivity contribution is -0.148. The van der Waals surface area contributed by atoms with Crippen LogP contribution in [0.1, 0.15) is 17.5 Å². The normalized spacial score (nSPS) is 11.1. The summed E-state index contributed by atoms with van der Waals surface area (Å²) < 4.78 is 31.3. The summed E-state index contributed by atoms with van der Waals surface area (Å²) in [5.74, 6) is -1.12. The maximum absolute atomic E-state index is 12.1. The highest BCUT2D eigenvalue weighted by Crippen LogP contribution is 2.15. The molecule has 2 aromatic carbocycles. The maximum atomic E-state index is 12.1. The number of nitrogens with one attached hydrogen (secondary N) is 2. The van der Waals surface area contributed by atoms with Crippen molar-refractivity contribution in [3.8, 4) is 0 Å². The van der Waals surface area contributed by atoms with Crippen LogP contribution < -0.4 is 10.0 Å². The van der Waals surface area contributed by atoms with E-state index in [-0.39, 0.29) is 17.9 Å². The largest absolute Gasteiger partial charge is 0.456 e. The summed E-state index contributed by atoms with van der Waals surface area (Å²) in [4.78, 5) is 23.4. The summed E-state index contributed by atoms with van der Waals surface area (Å²) in [6.45, 7) is 1.72. The Balaban J connectivity index is 1.68. The summed E-state index contributed by atoms with van der Waals surface area (Å²) in [6.07, 6.45) is -0.203. The molecule has 0 aliphatic heterocycles. The number of aryl methyl sites for hydroxylation is 1. The molecular formula is C19H21ClN2O5S. The molecule has 2 rings (SSSR count).